The van der Waals surface area contributed by atoms with E-state index < -0.39 is 20.9 Å². The van der Waals surface area contributed by atoms with Gasteiger partial charge in [-0.25, -0.2) is 4.39 Å². The number of nitrogens with zero attached hydrogens (tertiary/aromatic N) is 1. The molecule has 2 aromatic rings. The molecule has 0 aromatic heterocycles. The van der Waals surface area contributed by atoms with Gasteiger partial charge in [-0.2, -0.15) is 8.42 Å². The molecule has 0 bridgehead atoms. The van der Waals surface area contributed by atoms with E-state index >= 15 is 0 Å². The Kier molecular flexibility index (Phi) is 3.90. The van der Waals surface area contributed by atoms with E-state index in [1.807, 2.05) is 0 Å². The second-order valence-electron chi connectivity index (χ2n) is 4.20. The van der Waals surface area contributed by atoms with Gasteiger partial charge in [-0.05, 0) is 36.8 Å². The first-order valence-electron chi connectivity index (χ1n) is 5.75. The maximum atomic E-state index is 13.1. The SMILES string of the molecule is Cc1cc(S(=O)(=O)Oc2cccc([N+](=O)[O-])c2)ccc1F. The zero-order valence-corrected chi connectivity index (χ0v) is 11.6. The Hall–Kier alpha value is -2.48. The summed E-state index contributed by atoms with van der Waals surface area (Å²) < 4.78 is 42.0. The molecule has 2 rings (SSSR count). The van der Waals surface area contributed by atoms with Crippen LogP contribution in [0.15, 0.2) is 47.4 Å². The molecule has 0 amide bonds. The Balaban J connectivity index is 2.35. The van der Waals surface area contributed by atoms with Crippen LogP contribution in [0, 0.1) is 22.9 Å². The molecular weight excluding hydrogens is 301 g/mol. The topological polar surface area (TPSA) is 86.5 Å². The highest BCUT2D eigenvalue weighted by Crippen LogP contribution is 2.24. The zero-order chi connectivity index (χ0) is 15.6. The smallest absolute Gasteiger partial charge is 0.339 e. The van der Waals surface area contributed by atoms with Crippen LogP contribution in [0.25, 0.3) is 0 Å². The van der Waals surface area contributed by atoms with E-state index in [1.165, 1.54) is 25.1 Å². The third-order valence-corrected chi connectivity index (χ3v) is 3.90. The number of non-ortho nitro benzene ring substituents is 1. The number of hydrogen-bond donors (Lipinski definition) is 0. The predicted octanol–water partition coefficient (Wildman–Crippen LogP) is 2.81. The Morgan fingerprint density at radius 2 is 1.90 bits per heavy atom. The van der Waals surface area contributed by atoms with E-state index in [1.54, 1.807) is 0 Å². The van der Waals surface area contributed by atoms with Crippen LogP contribution in [-0.4, -0.2) is 13.3 Å². The number of rotatable bonds is 4. The third-order valence-electron chi connectivity index (χ3n) is 2.65. The zero-order valence-electron chi connectivity index (χ0n) is 10.8. The van der Waals surface area contributed by atoms with Crippen LogP contribution in [0.3, 0.4) is 0 Å². The minimum atomic E-state index is -4.18. The Morgan fingerprint density at radius 1 is 1.19 bits per heavy atom. The van der Waals surface area contributed by atoms with Gasteiger partial charge < -0.3 is 4.18 Å². The number of hydrogen-bond acceptors (Lipinski definition) is 5. The molecule has 0 aliphatic rings. The molecule has 8 heteroatoms. The largest absolute Gasteiger partial charge is 0.379 e. The fourth-order valence-corrected chi connectivity index (χ4v) is 2.61. The van der Waals surface area contributed by atoms with Crippen molar-refractivity contribution >= 4 is 15.8 Å². The van der Waals surface area contributed by atoms with Crippen LogP contribution < -0.4 is 4.18 Å². The van der Waals surface area contributed by atoms with Crippen LogP contribution >= 0.6 is 0 Å². The molecule has 0 fully saturated rings. The average molecular weight is 311 g/mol. The fourth-order valence-electron chi connectivity index (χ4n) is 1.60. The Bertz CT molecular complexity index is 804. The molecule has 0 saturated carbocycles. The number of halogens is 1. The van der Waals surface area contributed by atoms with Crippen molar-refractivity contribution in [1.29, 1.82) is 0 Å². The van der Waals surface area contributed by atoms with Gasteiger partial charge in [0.05, 0.1) is 11.0 Å². The van der Waals surface area contributed by atoms with Crippen molar-refractivity contribution in [3.8, 4) is 5.75 Å². The van der Waals surface area contributed by atoms with Crippen molar-refractivity contribution in [1.82, 2.24) is 0 Å². The molecule has 0 spiro atoms. The standard InChI is InChI=1S/C13H10FNO5S/c1-9-7-12(5-6-13(9)14)21(18,19)20-11-4-2-3-10(8-11)15(16)17/h2-8H,1H3. The van der Waals surface area contributed by atoms with Gasteiger partial charge in [0.2, 0.25) is 0 Å². The summed E-state index contributed by atoms with van der Waals surface area (Å²) in [7, 11) is -4.18. The number of nitro groups is 1. The first kappa shape index (κ1) is 14.9. The molecule has 2 aromatic carbocycles. The van der Waals surface area contributed by atoms with Gasteiger partial charge in [0, 0.05) is 6.07 Å². The molecular formula is C13H10FNO5S. The lowest BCUT2D eigenvalue weighted by molar-refractivity contribution is -0.384. The molecule has 0 heterocycles. The summed E-state index contributed by atoms with van der Waals surface area (Å²) in [5.41, 5.74) is -0.142. The molecule has 0 atom stereocenters. The number of benzene rings is 2. The van der Waals surface area contributed by atoms with Gasteiger partial charge in [0.1, 0.15) is 16.5 Å². The van der Waals surface area contributed by atoms with Gasteiger partial charge in [-0.15, -0.1) is 0 Å². The quantitative estimate of drug-likeness (QED) is 0.492. The van der Waals surface area contributed by atoms with E-state index in [4.69, 9.17) is 4.18 Å². The highest BCUT2D eigenvalue weighted by Gasteiger charge is 2.19. The molecule has 0 unspecified atom stereocenters. The van der Waals surface area contributed by atoms with E-state index in [-0.39, 0.29) is 21.9 Å². The maximum absolute atomic E-state index is 13.1. The summed E-state index contributed by atoms with van der Waals surface area (Å²) in [6, 6.07) is 7.99. The molecule has 0 saturated heterocycles. The second kappa shape index (κ2) is 5.49. The molecule has 6 nitrogen and oxygen atoms in total. The lowest BCUT2D eigenvalue weighted by Crippen LogP contribution is -2.10. The predicted molar refractivity (Wildman–Crippen MR) is 72.0 cm³/mol. The average Bonchev–Trinajstić information content (AvgIpc) is 2.41. The summed E-state index contributed by atoms with van der Waals surface area (Å²) in [6.45, 7) is 1.42. The van der Waals surface area contributed by atoms with E-state index in [0.717, 1.165) is 24.3 Å². The molecule has 110 valence electrons. The molecule has 21 heavy (non-hydrogen) atoms. The summed E-state index contributed by atoms with van der Waals surface area (Å²) in [5, 5.41) is 10.6. The van der Waals surface area contributed by atoms with Gasteiger partial charge >= 0.3 is 10.1 Å². The third kappa shape index (κ3) is 3.34. The van der Waals surface area contributed by atoms with Gasteiger partial charge in [0.25, 0.3) is 5.69 Å². The normalized spacial score (nSPS) is 11.1. The van der Waals surface area contributed by atoms with E-state index in [9.17, 15) is 22.9 Å². The minimum Gasteiger partial charge on any atom is -0.379 e. The summed E-state index contributed by atoms with van der Waals surface area (Å²) in [5.74, 6) is -0.726. The first-order valence-corrected chi connectivity index (χ1v) is 7.15. The summed E-state index contributed by atoms with van der Waals surface area (Å²) in [6.07, 6.45) is 0. The van der Waals surface area contributed by atoms with Crippen molar-refractivity contribution < 1.29 is 21.9 Å². The lowest BCUT2D eigenvalue weighted by Gasteiger charge is -2.07. The number of nitro benzene ring substituents is 1. The highest BCUT2D eigenvalue weighted by molar-refractivity contribution is 7.87. The summed E-state index contributed by atoms with van der Waals surface area (Å²) >= 11 is 0. The van der Waals surface area contributed by atoms with Crippen LogP contribution in [0.5, 0.6) is 5.75 Å². The van der Waals surface area contributed by atoms with Crippen molar-refractivity contribution in [3.63, 3.8) is 0 Å². The fraction of sp³-hybridized carbons (Fsp3) is 0.0769. The van der Waals surface area contributed by atoms with Crippen LogP contribution in [0.2, 0.25) is 0 Å². The van der Waals surface area contributed by atoms with E-state index in [0.29, 0.717) is 0 Å². The van der Waals surface area contributed by atoms with Gasteiger partial charge in [-0.3, -0.25) is 10.1 Å². The van der Waals surface area contributed by atoms with Crippen LogP contribution in [-0.2, 0) is 10.1 Å². The Labute approximate surface area is 120 Å². The molecule has 0 aliphatic carbocycles. The van der Waals surface area contributed by atoms with Crippen molar-refractivity contribution in [2.45, 2.75) is 11.8 Å². The van der Waals surface area contributed by atoms with Crippen molar-refractivity contribution in [2.24, 2.45) is 0 Å². The monoisotopic (exact) mass is 311 g/mol. The van der Waals surface area contributed by atoms with Gasteiger partial charge in [0.15, 0.2) is 0 Å². The molecule has 0 aliphatic heterocycles. The maximum Gasteiger partial charge on any atom is 0.339 e. The summed E-state index contributed by atoms with van der Waals surface area (Å²) in [4.78, 5) is 9.74. The second-order valence-corrected chi connectivity index (χ2v) is 5.75. The van der Waals surface area contributed by atoms with Gasteiger partial charge in [-0.1, -0.05) is 6.07 Å². The van der Waals surface area contributed by atoms with Crippen LogP contribution in [0.4, 0.5) is 10.1 Å². The Morgan fingerprint density at radius 3 is 2.52 bits per heavy atom. The van der Waals surface area contributed by atoms with Crippen LogP contribution in [0.1, 0.15) is 5.56 Å². The van der Waals surface area contributed by atoms with Crippen molar-refractivity contribution in [2.75, 3.05) is 0 Å². The van der Waals surface area contributed by atoms with E-state index in [2.05, 4.69) is 0 Å². The number of aryl methyl sites for hydroxylation is 1. The van der Waals surface area contributed by atoms with Crippen molar-refractivity contribution in [3.05, 3.63) is 64.0 Å². The molecule has 0 radical (unpaired) electrons. The molecule has 0 N–H and O–H groups in total. The minimum absolute atomic E-state index is 0.152. The lowest BCUT2D eigenvalue weighted by atomic mass is 10.2. The first-order chi connectivity index (χ1) is 9.79. The highest BCUT2D eigenvalue weighted by atomic mass is 32.2.